The van der Waals surface area contributed by atoms with Crippen molar-refractivity contribution in [1.82, 2.24) is 4.90 Å². The minimum absolute atomic E-state index is 0.165. The molecule has 0 heterocycles. The van der Waals surface area contributed by atoms with Crippen molar-refractivity contribution in [3.8, 4) is 0 Å². The van der Waals surface area contributed by atoms with Crippen LogP contribution < -0.4 is 5.73 Å². The van der Waals surface area contributed by atoms with Gasteiger partial charge in [0.15, 0.2) is 0 Å². The molecule has 96 valence electrons. The fourth-order valence-electron chi connectivity index (χ4n) is 1.81. The maximum absolute atomic E-state index is 13.0. The predicted molar refractivity (Wildman–Crippen MR) is 67.1 cm³/mol. The summed E-state index contributed by atoms with van der Waals surface area (Å²) in [5.74, 6) is -0.254. The Hall–Kier alpha value is -0.970. The highest BCUT2D eigenvalue weighted by molar-refractivity contribution is 5.19. The zero-order valence-corrected chi connectivity index (χ0v) is 10.4. The summed E-state index contributed by atoms with van der Waals surface area (Å²) < 4.78 is 13.0. The molecule has 0 radical (unpaired) electrons. The lowest BCUT2D eigenvalue weighted by atomic mass is 10.0. The monoisotopic (exact) mass is 240 g/mol. The number of likely N-dealkylation sites (N-methyl/N-ethyl adjacent to an activating group) is 1. The van der Waals surface area contributed by atoms with Crippen molar-refractivity contribution < 1.29 is 9.50 Å². The normalized spacial score (nSPS) is 14.9. The van der Waals surface area contributed by atoms with Crippen LogP contribution in [0.5, 0.6) is 0 Å². The summed E-state index contributed by atoms with van der Waals surface area (Å²) in [5.41, 5.74) is 6.80. The summed E-state index contributed by atoms with van der Waals surface area (Å²) in [5, 5.41) is 9.22. The lowest BCUT2D eigenvalue weighted by molar-refractivity contribution is 0.139. The molecule has 0 bridgehead atoms. The van der Waals surface area contributed by atoms with Gasteiger partial charge in [-0.1, -0.05) is 12.1 Å². The second kappa shape index (κ2) is 6.69. The van der Waals surface area contributed by atoms with Gasteiger partial charge >= 0.3 is 0 Å². The number of aliphatic hydroxyl groups excluding tert-OH is 1. The number of hydrogen-bond donors (Lipinski definition) is 2. The van der Waals surface area contributed by atoms with Gasteiger partial charge < -0.3 is 15.7 Å². The molecule has 0 saturated carbocycles. The molecule has 0 aliphatic heterocycles. The Balaban J connectivity index is 2.42. The summed E-state index contributed by atoms with van der Waals surface area (Å²) in [6.45, 7) is 3.15. The smallest absolute Gasteiger partial charge is 0.123 e. The number of halogens is 1. The molecule has 2 atom stereocenters. The summed E-state index contributed by atoms with van der Waals surface area (Å²) in [6, 6.07) is 6.23. The highest BCUT2D eigenvalue weighted by Crippen LogP contribution is 2.15. The first-order valence-corrected chi connectivity index (χ1v) is 5.86. The van der Waals surface area contributed by atoms with E-state index in [1.165, 1.54) is 12.1 Å². The van der Waals surface area contributed by atoms with Crippen LogP contribution in [0.2, 0.25) is 0 Å². The van der Waals surface area contributed by atoms with Crippen LogP contribution in [0.15, 0.2) is 24.3 Å². The molecule has 17 heavy (non-hydrogen) atoms. The van der Waals surface area contributed by atoms with E-state index < -0.39 is 0 Å². The number of rotatable bonds is 6. The average Bonchev–Trinajstić information content (AvgIpc) is 2.25. The van der Waals surface area contributed by atoms with E-state index in [2.05, 4.69) is 0 Å². The number of nitrogens with zero attached hydrogens (tertiary/aromatic N) is 1. The Morgan fingerprint density at radius 1 is 1.47 bits per heavy atom. The molecular weight excluding hydrogens is 219 g/mol. The van der Waals surface area contributed by atoms with E-state index in [-0.39, 0.29) is 18.0 Å². The molecule has 0 aliphatic rings. The van der Waals surface area contributed by atoms with Crippen LogP contribution in [-0.4, -0.2) is 36.2 Å². The third kappa shape index (κ3) is 5.26. The summed E-state index contributed by atoms with van der Waals surface area (Å²) in [7, 11) is 1.94. The Morgan fingerprint density at radius 2 is 2.18 bits per heavy atom. The molecule has 3 N–H and O–H groups in total. The van der Waals surface area contributed by atoms with Crippen molar-refractivity contribution in [2.24, 2.45) is 5.73 Å². The van der Waals surface area contributed by atoms with E-state index in [9.17, 15) is 9.50 Å². The number of aliphatic hydroxyl groups is 1. The first kappa shape index (κ1) is 14.1. The lowest BCUT2D eigenvalue weighted by Crippen LogP contribution is -2.30. The standard InChI is InChI=1S/C13H21FN2O/c1-10(17)9-16(2)7-6-13(15)11-4-3-5-12(14)8-11/h3-5,8,10,13,17H,6-7,9,15H2,1-2H3. The molecule has 2 unspecified atom stereocenters. The van der Waals surface area contributed by atoms with Crippen LogP contribution in [-0.2, 0) is 0 Å². The van der Waals surface area contributed by atoms with Gasteiger partial charge in [-0.3, -0.25) is 0 Å². The van der Waals surface area contributed by atoms with Gasteiger partial charge in [-0.2, -0.15) is 0 Å². The first-order valence-electron chi connectivity index (χ1n) is 5.86. The van der Waals surface area contributed by atoms with Crippen LogP contribution in [0.4, 0.5) is 4.39 Å². The Morgan fingerprint density at radius 3 is 2.76 bits per heavy atom. The fourth-order valence-corrected chi connectivity index (χ4v) is 1.81. The molecule has 0 aromatic heterocycles. The quantitative estimate of drug-likeness (QED) is 0.792. The van der Waals surface area contributed by atoms with Gasteiger partial charge in [0, 0.05) is 12.6 Å². The average molecular weight is 240 g/mol. The lowest BCUT2D eigenvalue weighted by Gasteiger charge is -2.20. The van der Waals surface area contributed by atoms with Gasteiger partial charge in [-0.05, 0) is 44.6 Å². The topological polar surface area (TPSA) is 49.5 Å². The Labute approximate surface area is 102 Å². The van der Waals surface area contributed by atoms with Crippen molar-refractivity contribution >= 4 is 0 Å². The maximum Gasteiger partial charge on any atom is 0.123 e. The molecule has 4 heteroatoms. The minimum Gasteiger partial charge on any atom is -0.392 e. The van der Waals surface area contributed by atoms with Crippen molar-refractivity contribution in [2.45, 2.75) is 25.5 Å². The molecule has 1 aromatic carbocycles. The molecule has 1 rings (SSSR count). The Kier molecular flexibility index (Phi) is 5.55. The van der Waals surface area contributed by atoms with Crippen LogP contribution in [0.3, 0.4) is 0 Å². The van der Waals surface area contributed by atoms with Crippen molar-refractivity contribution in [3.05, 3.63) is 35.6 Å². The summed E-state index contributed by atoms with van der Waals surface area (Å²) >= 11 is 0. The highest BCUT2D eigenvalue weighted by Gasteiger charge is 2.09. The third-order valence-electron chi connectivity index (χ3n) is 2.67. The zero-order valence-electron chi connectivity index (χ0n) is 10.4. The predicted octanol–water partition coefficient (Wildman–Crippen LogP) is 1.53. The van der Waals surface area contributed by atoms with Crippen LogP contribution in [0.1, 0.15) is 24.9 Å². The van der Waals surface area contributed by atoms with Crippen LogP contribution >= 0.6 is 0 Å². The maximum atomic E-state index is 13.0. The molecule has 1 aromatic rings. The van der Waals surface area contributed by atoms with Crippen molar-refractivity contribution in [3.63, 3.8) is 0 Å². The Bertz CT molecular complexity index is 344. The van der Waals surface area contributed by atoms with E-state index in [1.807, 2.05) is 18.0 Å². The molecule has 0 aliphatic carbocycles. The van der Waals surface area contributed by atoms with Gasteiger partial charge in [0.05, 0.1) is 6.10 Å². The molecular formula is C13H21FN2O. The van der Waals surface area contributed by atoms with E-state index in [0.29, 0.717) is 6.54 Å². The van der Waals surface area contributed by atoms with Gasteiger partial charge in [-0.25, -0.2) is 4.39 Å². The summed E-state index contributed by atoms with van der Waals surface area (Å²) in [4.78, 5) is 2.02. The highest BCUT2D eigenvalue weighted by atomic mass is 19.1. The third-order valence-corrected chi connectivity index (χ3v) is 2.67. The number of hydrogen-bond acceptors (Lipinski definition) is 3. The zero-order chi connectivity index (χ0) is 12.8. The first-order chi connectivity index (χ1) is 7.99. The van der Waals surface area contributed by atoms with Gasteiger partial charge in [0.25, 0.3) is 0 Å². The number of nitrogens with two attached hydrogens (primary N) is 1. The van der Waals surface area contributed by atoms with Crippen molar-refractivity contribution in [1.29, 1.82) is 0 Å². The largest absolute Gasteiger partial charge is 0.392 e. The fraction of sp³-hybridized carbons (Fsp3) is 0.538. The summed E-state index contributed by atoms with van der Waals surface area (Å²) in [6.07, 6.45) is 0.401. The van der Waals surface area contributed by atoms with E-state index in [4.69, 9.17) is 5.73 Å². The van der Waals surface area contributed by atoms with Gasteiger partial charge in [0.2, 0.25) is 0 Å². The van der Waals surface area contributed by atoms with Gasteiger partial charge in [-0.15, -0.1) is 0 Å². The molecule has 3 nitrogen and oxygen atoms in total. The second-order valence-electron chi connectivity index (χ2n) is 4.56. The minimum atomic E-state index is -0.342. The van der Waals surface area contributed by atoms with E-state index in [0.717, 1.165) is 18.5 Å². The van der Waals surface area contributed by atoms with Gasteiger partial charge in [0.1, 0.15) is 5.82 Å². The number of benzene rings is 1. The van der Waals surface area contributed by atoms with E-state index in [1.54, 1.807) is 13.0 Å². The van der Waals surface area contributed by atoms with E-state index >= 15 is 0 Å². The molecule has 0 fully saturated rings. The van der Waals surface area contributed by atoms with Crippen LogP contribution in [0.25, 0.3) is 0 Å². The van der Waals surface area contributed by atoms with Crippen molar-refractivity contribution in [2.75, 3.05) is 20.1 Å². The molecule has 0 spiro atoms. The second-order valence-corrected chi connectivity index (χ2v) is 4.56. The molecule has 0 amide bonds. The van der Waals surface area contributed by atoms with Crippen LogP contribution in [0, 0.1) is 5.82 Å². The SMILES string of the molecule is CC(O)CN(C)CCC(N)c1cccc(F)c1. The molecule has 0 saturated heterocycles.